The summed E-state index contributed by atoms with van der Waals surface area (Å²) in [7, 11) is 0. The van der Waals surface area contributed by atoms with E-state index in [0.717, 1.165) is 11.4 Å². The van der Waals surface area contributed by atoms with Crippen LogP contribution >= 0.6 is 34.7 Å². The number of hydrogen-bond donors (Lipinski definition) is 1. The first-order chi connectivity index (χ1) is 12.5. The van der Waals surface area contributed by atoms with Crippen molar-refractivity contribution >= 4 is 51.3 Å². The van der Waals surface area contributed by atoms with Crippen LogP contribution in [0.2, 0.25) is 5.02 Å². The van der Waals surface area contributed by atoms with E-state index >= 15 is 0 Å². The molecule has 0 saturated heterocycles. The van der Waals surface area contributed by atoms with Gasteiger partial charge in [0.1, 0.15) is 10.8 Å². The average Bonchev–Trinajstić information content (AvgIpc) is 3.02. The fourth-order valence-corrected chi connectivity index (χ4v) is 3.89. The molecule has 0 spiro atoms. The van der Waals surface area contributed by atoms with Crippen molar-refractivity contribution < 1.29 is 9.18 Å². The zero-order valence-electron chi connectivity index (χ0n) is 13.7. The molecule has 2 aromatic heterocycles. The fourth-order valence-electron chi connectivity index (χ4n) is 2.14. The van der Waals surface area contributed by atoms with Crippen LogP contribution in [-0.2, 0) is 17.0 Å². The van der Waals surface area contributed by atoms with Gasteiger partial charge in [0.15, 0.2) is 0 Å². The lowest BCUT2D eigenvalue weighted by Gasteiger charge is -2.06. The number of nitrogens with zero attached hydrogens (tertiary/aromatic N) is 3. The van der Waals surface area contributed by atoms with E-state index in [1.54, 1.807) is 0 Å². The maximum absolute atomic E-state index is 13.6. The fraction of sp³-hybridized carbons (Fsp3) is 0.250. The molecule has 26 heavy (non-hydrogen) atoms. The minimum absolute atomic E-state index is 0.0395. The summed E-state index contributed by atoms with van der Waals surface area (Å²) in [6, 6.07) is 5.36. The molecule has 1 amide bonds. The summed E-state index contributed by atoms with van der Waals surface area (Å²) in [5.41, 5.74) is 0.373. The Morgan fingerprint density at radius 1 is 1.42 bits per heavy atom. The predicted molar refractivity (Wildman–Crippen MR) is 103 cm³/mol. The average molecular weight is 413 g/mol. The summed E-state index contributed by atoms with van der Waals surface area (Å²) in [4.78, 5) is 29.0. The van der Waals surface area contributed by atoms with E-state index in [2.05, 4.69) is 15.4 Å². The van der Waals surface area contributed by atoms with Gasteiger partial charge in [-0.3, -0.25) is 9.59 Å². The SMILES string of the molecule is CCc1nn2c(=O)cc(CSCC(=O)Nc3cc(Cl)ccc3F)nc2s1. The molecule has 136 valence electrons. The summed E-state index contributed by atoms with van der Waals surface area (Å²) in [5, 5.41) is 7.83. The van der Waals surface area contributed by atoms with Crippen LogP contribution in [0.15, 0.2) is 29.1 Å². The number of aryl methyl sites for hydroxylation is 1. The number of carbonyl (C=O) groups is 1. The van der Waals surface area contributed by atoms with Crippen LogP contribution in [0.25, 0.3) is 4.96 Å². The van der Waals surface area contributed by atoms with Gasteiger partial charge in [-0.15, -0.1) is 11.8 Å². The second-order valence-corrected chi connectivity index (χ2v) is 7.76. The Labute approximate surface area is 161 Å². The van der Waals surface area contributed by atoms with Gasteiger partial charge in [-0.25, -0.2) is 9.37 Å². The Morgan fingerprint density at radius 2 is 2.23 bits per heavy atom. The lowest BCUT2D eigenvalue weighted by molar-refractivity contribution is -0.113. The van der Waals surface area contributed by atoms with Crippen LogP contribution in [0, 0.1) is 5.82 Å². The second-order valence-electron chi connectivity index (χ2n) is 5.29. The predicted octanol–water partition coefficient (Wildman–Crippen LogP) is 3.38. The molecule has 0 aliphatic carbocycles. The number of fused-ring (bicyclic) bond motifs is 1. The molecular formula is C16H14ClFN4O2S2. The van der Waals surface area contributed by atoms with E-state index in [1.807, 2.05) is 6.92 Å². The van der Waals surface area contributed by atoms with E-state index in [9.17, 15) is 14.0 Å². The number of hydrogen-bond acceptors (Lipinski definition) is 6. The van der Waals surface area contributed by atoms with Crippen LogP contribution in [0.5, 0.6) is 0 Å². The molecule has 3 aromatic rings. The van der Waals surface area contributed by atoms with Crippen molar-refractivity contribution in [1.29, 1.82) is 0 Å². The van der Waals surface area contributed by atoms with Crippen molar-refractivity contribution in [3.63, 3.8) is 0 Å². The molecule has 0 unspecified atom stereocenters. The van der Waals surface area contributed by atoms with Crippen molar-refractivity contribution in [2.45, 2.75) is 19.1 Å². The normalized spacial score (nSPS) is 11.0. The van der Waals surface area contributed by atoms with Crippen molar-refractivity contribution in [2.75, 3.05) is 11.1 Å². The molecule has 3 rings (SSSR count). The van der Waals surface area contributed by atoms with Crippen molar-refractivity contribution in [3.05, 3.63) is 56.2 Å². The number of nitrogens with one attached hydrogen (secondary N) is 1. The number of halogens is 2. The number of anilines is 1. The molecule has 10 heteroatoms. The van der Waals surface area contributed by atoms with Crippen molar-refractivity contribution in [3.8, 4) is 0 Å². The molecule has 1 N–H and O–H groups in total. The Kier molecular flexibility index (Phi) is 5.90. The van der Waals surface area contributed by atoms with E-state index in [0.29, 0.717) is 21.4 Å². The van der Waals surface area contributed by atoms with Crippen molar-refractivity contribution in [2.24, 2.45) is 0 Å². The molecule has 1 aromatic carbocycles. The molecule has 0 saturated carbocycles. The number of amides is 1. The molecule has 0 aliphatic heterocycles. The minimum atomic E-state index is -0.551. The highest BCUT2D eigenvalue weighted by Gasteiger charge is 2.10. The van der Waals surface area contributed by atoms with E-state index < -0.39 is 5.82 Å². The largest absolute Gasteiger partial charge is 0.323 e. The first kappa shape index (κ1) is 18.8. The zero-order chi connectivity index (χ0) is 18.7. The van der Waals surface area contributed by atoms with Gasteiger partial charge in [-0.05, 0) is 24.6 Å². The lowest BCUT2D eigenvalue weighted by Crippen LogP contribution is -2.17. The quantitative estimate of drug-likeness (QED) is 0.671. The Balaban J connectivity index is 1.60. The van der Waals surface area contributed by atoms with Gasteiger partial charge in [0.05, 0.1) is 17.1 Å². The maximum Gasteiger partial charge on any atom is 0.275 e. The molecule has 0 bridgehead atoms. The van der Waals surface area contributed by atoms with E-state index in [4.69, 9.17) is 11.6 Å². The number of carbonyl (C=O) groups excluding carboxylic acids is 1. The van der Waals surface area contributed by atoms with Crippen LogP contribution in [0.4, 0.5) is 10.1 Å². The van der Waals surface area contributed by atoms with Gasteiger partial charge in [0.2, 0.25) is 10.9 Å². The highest BCUT2D eigenvalue weighted by atomic mass is 35.5. The van der Waals surface area contributed by atoms with Gasteiger partial charge in [0.25, 0.3) is 5.56 Å². The molecule has 0 fully saturated rings. The smallest absolute Gasteiger partial charge is 0.275 e. The Hall–Kier alpha value is -1.97. The third-order valence-electron chi connectivity index (χ3n) is 3.33. The van der Waals surface area contributed by atoms with E-state index in [-0.39, 0.29) is 22.9 Å². The topological polar surface area (TPSA) is 76.4 Å². The molecule has 2 heterocycles. The third-order valence-corrected chi connectivity index (χ3v) is 5.58. The van der Waals surface area contributed by atoms with Gasteiger partial charge in [0, 0.05) is 16.8 Å². The first-order valence-electron chi connectivity index (χ1n) is 7.67. The minimum Gasteiger partial charge on any atom is -0.323 e. The molecule has 0 aliphatic rings. The van der Waals surface area contributed by atoms with Crippen molar-refractivity contribution in [1.82, 2.24) is 14.6 Å². The maximum atomic E-state index is 13.6. The number of aromatic nitrogens is 3. The number of rotatable bonds is 6. The summed E-state index contributed by atoms with van der Waals surface area (Å²) in [6.07, 6.45) is 0.734. The molecular weight excluding hydrogens is 399 g/mol. The van der Waals surface area contributed by atoms with Gasteiger partial charge in [-0.1, -0.05) is 29.9 Å². The lowest BCUT2D eigenvalue weighted by atomic mass is 10.3. The highest BCUT2D eigenvalue weighted by molar-refractivity contribution is 7.99. The monoisotopic (exact) mass is 412 g/mol. The molecule has 0 radical (unpaired) electrons. The second kappa shape index (κ2) is 8.15. The van der Waals surface area contributed by atoms with Gasteiger partial charge < -0.3 is 5.32 Å². The van der Waals surface area contributed by atoms with Crippen LogP contribution < -0.4 is 10.9 Å². The van der Waals surface area contributed by atoms with Gasteiger partial charge in [-0.2, -0.15) is 9.61 Å². The summed E-state index contributed by atoms with van der Waals surface area (Å²) >= 11 is 8.44. The highest BCUT2D eigenvalue weighted by Crippen LogP contribution is 2.20. The Morgan fingerprint density at radius 3 is 3.00 bits per heavy atom. The number of thioether (sulfide) groups is 1. The summed E-state index contributed by atoms with van der Waals surface area (Å²) < 4.78 is 14.9. The third kappa shape index (κ3) is 4.40. The Bertz CT molecular complexity index is 1020. The molecule has 0 atom stereocenters. The van der Waals surface area contributed by atoms with Crippen LogP contribution in [-0.4, -0.2) is 26.3 Å². The zero-order valence-corrected chi connectivity index (χ0v) is 16.1. The van der Waals surface area contributed by atoms with Gasteiger partial charge >= 0.3 is 0 Å². The van der Waals surface area contributed by atoms with E-state index in [1.165, 1.54) is 51.9 Å². The summed E-state index contributed by atoms with van der Waals surface area (Å²) in [6.45, 7) is 1.96. The van der Waals surface area contributed by atoms with Crippen LogP contribution in [0.3, 0.4) is 0 Å². The molecule has 6 nitrogen and oxygen atoms in total. The van der Waals surface area contributed by atoms with Crippen LogP contribution in [0.1, 0.15) is 17.6 Å². The number of benzene rings is 1. The summed E-state index contributed by atoms with van der Waals surface area (Å²) in [5.74, 6) is -0.434. The first-order valence-corrected chi connectivity index (χ1v) is 10.0. The standard InChI is InChI=1S/C16H14ClFN4O2S2/c1-2-14-21-22-15(24)6-10(19-16(22)26-14)7-25-8-13(23)20-12-5-9(17)3-4-11(12)18/h3-6H,2,7-8H2,1H3,(H,20,23).